The number of carbonyl (C=O) groups excluding carboxylic acids is 2. The van der Waals surface area contributed by atoms with Crippen LogP contribution in [0.5, 0.6) is 11.5 Å². The Balaban J connectivity index is 0.000000190. The summed E-state index contributed by atoms with van der Waals surface area (Å²) in [7, 11) is -5.24. The number of nitrogens with one attached hydrogen (secondary N) is 8. The molecule has 2 atom stereocenters. The molecule has 10 rings (SSSR count). The summed E-state index contributed by atoms with van der Waals surface area (Å²) in [5.41, 5.74) is 3.49. The van der Waals surface area contributed by atoms with Gasteiger partial charge in [-0.25, -0.2) is 36.8 Å². The topological polar surface area (TPSA) is 269 Å². The van der Waals surface area contributed by atoms with Gasteiger partial charge in [-0.1, -0.05) is 59.6 Å². The maximum atomic E-state index is 13.5. The Bertz CT molecular complexity index is 3490. The van der Waals surface area contributed by atoms with Gasteiger partial charge in [-0.3, -0.25) is 19.0 Å². The first-order valence-corrected chi connectivity index (χ1v) is 28.4. The lowest BCUT2D eigenvalue weighted by atomic mass is 10.1. The second kappa shape index (κ2) is 24.6. The van der Waals surface area contributed by atoms with E-state index in [2.05, 4.69) is 61.3 Å². The molecule has 0 saturated carbocycles. The summed E-state index contributed by atoms with van der Waals surface area (Å²) < 4.78 is 69.5. The molecule has 8 aromatic rings. The van der Waals surface area contributed by atoms with Gasteiger partial charge in [0.15, 0.2) is 23.3 Å². The number of benzene rings is 6. The number of nitrogens with zero attached hydrogens (tertiary/aromatic N) is 4. The third kappa shape index (κ3) is 13.6. The minimum atomic E-state index is -4.15. The van der Waals surface area contributed by atoms with Crippen molar-refractivity contribution in [1.82, 2.24) is 41.2 Å². The van der Waals surface area contributed by atoms with E-state index in [0.717, 1.165) is 38.8 Å². The standard InChI is InChI=1S/2C27H27ClN6O4S/c2*1-38-19-11-12-21(28)24(15-19)33-25-26(32-23-10-3-2-9-22(23)31-25)34-39(36,37)20-8-4-6-17(14-20)27(35)30-18-7-5-13-29-16-18/h2*2-4,6,8-12,14-15,18,29H,5,7,13,16H2,1H3,(H,30,35)(H,31,33)(H,32,34). The second-order valence-corrected chi connectivity index (χ2v) is 22.2. The molecule has 0 spiro atoms. The van der Waals surface area contributed by atoms with Crippen molar-refractivity contribution in [2.45, 2.75) is 47.6 Å². The zero-order valence-electron chi connectivity index (χ0n) is 42.1. The van der Waals surface area contributed by atoms with E-state index in [1.165, 1.54) is 50.6 Å². The van der Waals surface area contributed by atoms with Gasteiger partial charge >= 0.3 is 0 Å². The summed E-state index contributed by atoms with van der Waals surface area (Å²) in [5.74, 6) is 0.667. The Labute approximate surface area is 460 Å². The van der Waals surface area contributed by atoms with E-state index in [1.54, 1.807) is 84.9 Å². The zero-order valence-corrected chi connectivity index (χ0v) is 45.3. The number of para-hydroxylation sites is 4. The fourth-order valence-corrected chi connectivity index (χ4v) is 10.9. The van der Waals surface area contributed by atoms with Crippen LogP contribution in [0.4, 0.5) is 34.6 Å². The van der Waals surface area contributed by atoms with E-state index >= 15 is 0 Å². The number of rotatable bonds is 16. The molecule has 24 heteroatoms. The Kier molecular flexibility index (Phi) is 17.3. The normalized spacial score (nSPS) is 15.5. The number of aromatic nitrogens is 4. The number of hydrogen-bond acceptors (Lipinski definition) is 16. The number of methoxy groups -OCH3 is 2. The number of hydrogen-bond donors (Lipinski definition) is 8. The molecule has 2 amide bonds. The average molecular weight is 1130 g/mol. The number of carbonyl (C=O) groups is 2. The summed E-state index contributed by atoms with van der Waals surface area (Å²) in [4.78, 5) is 43.7. The highest BCUT2D eigenvalue weighted by molar-refractivity contribution is 7.93. The van der Waals surface area contributed by atoms with Crippen molar-refractivity contribution in [3.05, 3.63) is 155 Å². The minimum Gasteiger partial charge on any atom is -0.497 e. The maximum Gasteiger partial charge on any atom is 0.263 e. The molecule has 0 aliphatic carbocycles. The van der Waals surface area contributed by atoms with E-state index in [9.17, 15) is 26.4 Å². The van der Waals surface area contributed by atoms with Gasteiger partial charge in [0.1, 0.15) is 11.5 Å². The predicted molar refractivity (Wildman–Crippen MR) is 303 cm³/mol. The number of anilines is 6. The van der Waals surface area contributed by atoms with Gasteiger partial charge in [0.05, 0.1) is 67.5 Å². The van der Waals surface area contributed by atoms with Gasteiger partial charge in [0.25, 0.3) is 31.9 Å². The molecule has 8 N–H and O–H groups in total. The van der Waals surface area contributed by atoms with Gasteiger partial charge in [0.2, 0.25) is 0 Å². The van der Waals surface area contributed by atoms with Gasteiger partial charge in [-0.05, 0) is 124 Å². The summed E-state index contributed by atoms with van der Waals surface area (Å²) in [5, 5.41) is 19.3. The summed E-state index contributed by atoms with van der Waals surface area (Å²) in [6.07, 6.45) is 3.67. The molecule has 2 fully saturated rings. The third-order valence-corrected chi connectivity index (χ3v) is 15.9. The molecule has 6 aromatic carbocycles. The highest BCUT2D eigenvalue weighted by Gasteiger charge is 2.25. The Hall–Kier alpha value is -7.86. The van der Waals surface area contributed by atoms with Crippen LogP contribution in [0.3, 0.4) is 0 Å². The molecule has 2 unspecified atom stereocenters. The Morgan fingerprint density at radius 1 is 0.513 bits per heavy atom. The number of fused-ring (bicyclic) bond motifs is 2. The van der Waals surface area contributed by atoms with Crippen LogP contribution >= 0.6 is 23.2 Å². The molecule has 20 nitrogen and oxygen atoms in total. The molecule has 2 aromatic heterocycles. The summed E-state index contributed by atoms with van der Waals surface area (Å²) >= 11 is 12.7. The molecule has 78 heavy (non-hydrogen) atoms. The van der Waals surface area contributed by atoms with E-state index in [4.69, 9.17) is 32.7 Å². The quantitative estimate of drug-likeness (QED) is 0.0450. The number of piperidine rings is 2. The van der Waals surface area contributed by atoms with Gasteiger partial charge in [-0.2, -0.15) is 0 Å². The van der Waals surface area contributed by atoms with Crippen molar-refractivity contribution < 1.29 is 35.9 Å². The van der Waals surface area contributed by atoms with Crippen molar-refractivity contribution in [2.75, 3.05) is 60.5 Å². The lowest BCUT2D eigenvalue weighted by Crippen LogP contribution is -2.45. The van der Waals surface area contributed by atoms with Gasteiger partial charge < -0.3 is 41.4 Å². The first-order chi connectivity index (χ1) is 37.6. The van der Waals surface area contributed by atoms with Gasteiger partial charge in [-0.15, -0.1) is 0 Å². The van der Waals surface area contributed by atoms with Crippen LogP contribution in [-0.4, -0.2) is 101 Å². The van der Waals surface area contributed by atoms with E-state index in [-0.39, 0.29) is 68.1 Å². The van der Waals surface area contributed by atoms with E-state index in [1.807, 2.05) is 12.1 Å². The highest BCUT2D eigenvalue weighted by atomic mass is 35.5. The summed E-state index contributed by atoms with van der Waals surface area (Å²) in [6.45, 7) is 3.20. The Morgan fingerprint density at radius 3 is 1.26 bits per heavy atom. The zero-order chi connectivity index (χ0) is 54.8. The van der Waals surface area contributed by atoms with Crippen molar-refractivity contribution in [2.24, 2.45) is 0 Å². The minimum absolute atomic E-state index is 0.00502. The Morgan fingerprint density at radius 2 is 0.897 bits per heavy atom. The largest absolute Gasteiger partial charge is 0.497 e. The maximum absolute atomic E-state index is 13.5. The van der Waals surface area contributed by atoms with E-state index < -0.39 is 20.0 Å². The summed E-state index contributed by atoms with van der Waals surface area (Å²) in [6, 6.07) is 36.0. The molecule has 2 aliphatic rings. The molecule has 2 aliphatic heterocycles. The van der Waals surface area contributed by atoms with Crippen LogP contribution in [0.1, 0.15) is 46.4 Å². The molecule has 404 valence electrons. The van der Waals surface area contributed by atoms with Crippen LogP contribution < -0.4 is 50.8 Å². The smallest absolute Gasteiger partial charge is 0.263 e. The van der Waals surface area contributed by atoms with Crippen molar-refractivity contribution >= 4 is 112 Å². The van der Waals surface area contributed by atoms with Crippen LogP contribution in [0.25, 0.3) is 22.1 Å². The van der Waals surface area contributed by atoms with Crippen molar-refractivity contribution in [3.63, 3.8) is 0 Å². The number of amides is 2. The van der Waals surface area contributed by atoms with Crippen LogP contribution in [0.15, 0.2) is 143 Å². The van der Waals surface area contributed by atoms with Crippen LogP contribution in [0.2, 0.25) is 10.0 Å². The second-order valence-electron chi connectivity index (χ2n) is 18.1. The third-order valence-electron chi connectivity index (χ3n) is 12.5. The van der Waals surface area contributed by atoms with Crippen LogP contribution in [0, 0.1) is 0 Å². The van der Waals surface area contributed by atoms with Gasteiger partial charge in [0, 0.05) is 48.4 Å². The monoisotopic (exact) mass is 1130 g/mol. The SMILES string of the molecule is COc1ccc(Cl)c(Nc2nc3ccccc3nc2NS(=O)(=O)c2cccc(C(=O)NC3CCCNC3)c2)c1.COc1ccc(Cl)c(Nc2nc3ccccc3nc2NS(=O)(=O)c2cccc(C(=O)NC3CCCNC3)c2)c1. The molecular weight excluding hydrogens is 1080 g/mol. The lowest BCUT2D eigenvalue weighted by Gasteiger charge is -2.23. The highest BCUT2D eigenvalue weighted by Crippen LogP contribution is 2.35. The number of ether oxygens (including phenoxy) is 2. The molecule has 4 heterocycles. The van der Waals surface area contributed by atoms with Crippen molar-refractivity contribution in [3.8, 4) is 11.5 Å². The molecule has 0 radical (unpaired) electrons. The molecule has 2 saturated heterocycles. The first-order valence-electron chi connectivity index (χ1n) is 24.7. The van der Waals surface area contributed by atoms with Crippen LogP contribution in [-0.2, 0) is 20.0 Å². The molecule has 0 bridgehead atoms. The fraction of sp³-hybridized carbons (Fsp3) is 0.222. The number of halogens is 2. The lowest BCUT2D eigenvalue weighted by molar-refractivity contribution is 0.0922. The predicted octanol–water partition coefficient (Wildman–Crippen LogP) is 8.64. The fourth-order valence-electron chi connectivity index (χ4n) is 8.50. The first kappa shape index (κ1) is 54.9. The average Bonchev–Trinajstić information content (AvgIpc) is 3.47. The van der Waals surface area contributed by atoms with Crippen molar-refractivity contribution in [1.29, 1.82) is 0 Å². The van der Waals surface area contributed by atoms with E-state index in [0.29, 0.717) is 68.1 Å². The molecular formula is C54H54Cl2N12O8S2. The number of sulfonamides is 2.